The molecular formula is C43H27N5O. The maximum atomic E-state index is 6.51. The van der Waals surface area contributed by atoms with Gasteiger partial charge in [-0.25, -0.2) is 24.9 Å². The van der Waals surface area contributed by atoms with Crippen molar-refractivity contribution in [2.24, 2.45) is 0 Å². The summed E-state index contributed by atoms with van der Waals surface area (Å²) < 4.78 is 6.51. The number of furan rings is 1. The lowest BCUT2D eigenvalue weighted by molar-refractivity contribution is 0.669. The number of hydrogen-bond donors (Lipinski definition) is 0. The Kier molecular flexibility index (Phi) is 7.02. The summed E-state index contributed by atoms with van der Waals surface area (Å²) in [5.41, 5.74) is 8.55. The lowest BCUT2D eigenvalue weighted by atomic mass is 10.0. The fraction of sp³-hybridized carbons (Fsp3) is 0. The van der Waals surface area contributed by atoms with Crippen LogP contribution >= 0.6 is 0 Å². The fourth-order valence-electron chi connectivity index (χ4n) is 6.18. The second-order valence-electron chi connectivity index (χ2n) is 11.7. The van der Waals surface area contributed by atoms with E-state index in [-0.39, 0.29) is 0 Å². The molecule has 0 aliphatic rings. The van der Waals surface area contributed by atoms with Crippen LogP contribution in [0.15, 0.2) is 168 Å². The maximum absolute atomic E-state index is 6.51. The van der Waals surface area contributed by atoms with Crippen molar-refractivity contribution in [3.8, 4) is 68.1 Å². The molecule has 6 nitrogen and oxygen atoms in total. The lowest BCUT2D eigenvalue weighted by Gasteiger charge is -2.12. The first kappa shape index (κ1) is 28.4. The van der Waals surface area contributed by atoms with Gasteiger partial charge in [-0.15, -0.1) is 0 Å². The third-order valence-corrected chi connectivity index (χ3v) is 8.54. The fourth-order valence-corrected chi connectivity index (χ4v) is 6.18. The summed E-state index contributed by atoms with van der Waals surface area (Å²) in [7, 11) is 0. The Morgan fingerprint density at radius 2 is 0.776 bits per heavy atom. The van der Waals surface area contributed by atoms with Gasteiger partial charge in [0.25, 0.3) is 0 Å². The Hall–Kier alpha value is -6.79. The number of hydrogen-bond acceptors (Lipinski definition) is 6. The van der Waals surface area contributed by atoms with Crippen LogP contribution < -0.4 is 0 Å². The van der Waals surface area contributed by atoms with Crippen LogP contribution in [0.5, 0.6) is 0 Å². The molecule has 0 N–H and O–H groups in total. The molecule has 3 aromatic heterocycles. The van der Waals surface area contributed by atoms with Crippen molar-refractivity contribution < 1.29 is 4.42 Å². The molecule has 6 aromatic carbocycles. The van der Waals surface area contributed by atoms with Gasteiger partial charge >= 0.3 is 0 Å². The Balaban J connectivity index is 1.33. The smallest absolute Gasteiger partial charge is 0.164 e. The van der Waals surface area contributed by atoms with Gasteiger partial charge in [-0.3, -0.25) is 0 Å². The van der Waals surface area contributed by atoms with Gasteiger partial charge in [0.2, 0.25) is 0 Å². The quantitative estimate of drug-likeness (QED) is 0.182. The molecule has 0 radical (unpaired) electrons. The average molecular weight is 630 g/mol. The van der Waals surface area contributed by atoms with E-state index in [4.69, 9.17) is 29.3 Å². The normalized spacial score (nSPS) is 11.3. The van der Waals surface area contributed by atoms with E-state index in [1.807, 2.05) is 127 Å². The molecule has 0 bridgehead atoms. The highest BCUT2D eigenvalue weighted by Crippen LogP contribution is 2.40. The molecule has 6 heteroatoms. The van der Waals surface area contributed by atoms with Gasteiger partial charge in [-0.05, 0) is 24.3 Å². The highest BCUT2D eigenvalue weighted by molar-refractivity contribution is 6.13. The minimum absolute atomic E-state index is 0.536. The van der Waals surface area contributed by atoms with Gasteiger partial charge in [0.1, 0.15) is 11.2 Å². The number of nitrogens with zero attached hydrogens (tertiary/aromatic N) is 5. The summed E-state index contributed by atoms with van der Waals surface area (Å²) in [6.45, 7) is 0. The monoisotopic (exact) mass is 629 g/mol. The van der Waals surface area contributed by atoms with Crippen molar-refractivity contribution in [1.29, 1.82) is 0 Å². The SMILES string of the molecule is c1ccc(-c2cc(-c3ccccc3)nc(-c3cc(-c4nc(-c5ccccc5)nc(-c5ccccc5)n4)c4c(c3)oc3ccccc34)n2)cc1. The van der Waals surface area contributed by atoms with Crippen LogP contribution in [0.4, 0.5) is 0 Å². The standard InChI is InChI=1S/C43H27N5O/c1-5-15-28(16-6-1)35-27-36(29-17-7-2-8-18-29)45-42(44-35)32-25-34(39-33-23-13-14-24-37(33)49-38(39)26-32)43-47-40(30-19-9-3-10-20-30)46-41(48-43)31-21-11-4-12-22-31/h1-27H. The minimum atomic E-state index is 0.536. The topological polar surface area (TPSA) is 77.6 Å². The third kappa shape index (κ3) is 5.41. The maximum Gasteiger partial charge on any atom is 0.164 e. The molecule has 0 spiro atoms. The Labute approximate surface area is 282 Å². The first-order valence-corrected chi connectivity index (χ1v) is 16.1. The first-order valence-electron chi connectivity index (χ1n) is 16.1. The molecule has 0 amide bonds. The van der Waals surface area contributed by atoms with Crippen molar-refractivity contribution in [2.45, 2.75) is 0 Å². The van der Waals surface area contributed by atoms with E-state index < -0.39 is 0 Å². The zero-order valence-corrected chi connectivity index (χ0v) is 26.2. The Bertz CT molecular complexity index is 2470. The van der Waals surface area contributed by atoms with Crippen molar-refractivity contribution in [2.75, 3.05) is 0 Å². The van der Waals surface area contributed by atoms with E-state index in [0.717, 1.165) is 61.1 Å². The summed E-state index contributed by atoms with van der Waals surface area (Å²) in [5, 5.41) is 1.90. The van der Waals surface area contributed by atoms with Crippen molar-refractivity contribution in [3.05, 3.63) is 164 Å². The molecule has 9 aromatic rings. The Morgan fingerprint density at radius 3 is 1.33 bits per heavy atom. The van der Waals surface area contributed by atoms with E-state index in [2.05, 4.69) is 36.4 Å². The highest BCUT2D eigenvalue weighted by Gasteiger charge is 2.21. The van der Waals surface area contributed by atoms with Crippen LogP contribution in [-0.2, 0) is 0 Å². The Morgan fingerprint density at radius 1 is 0.327 bits per heavy atom. The zero-order chi connectivity index (χ0) is 32.6. The lowest BCUT2D eigenvalue weighted by Crippen LogP contribution is -2.01. The third-order valence-electron chi connectivity index (χ3n) is 8.54. The van der Waals surface area contributed by atoms with Gasteiger partial charge in [0.05, 0.1) is 11.4 Å². The number of benzene rings is 6. The number of para-hydroxylation sites is 1. The summed E-state index contributed by atoms with van der Waals surface area (Å²) in [5.74, 6) is 2.28. The van der Waals surface area contributed by atoms with Crippen molar-refractivity contribution in [1.82, 2.24) is 24.9 Å². The van der Waals surface area contributed by atoms with Gasteiger partial charge in [-0.1, -0.05) is 140 Å². The first-order chi connectivity index (χ1) is 24.3. The van der Waals surface area contributed by atoms with Crippen LogP contribution in [0.25, 0.3) is 90.0 Å². The van der Waals surface area contributed by atoms with E-state index >= 15 is 0 Å². The highest BCUT2D eigenvalue weighted by atomic mass is 16.3. The molecule has 3 heterocycles. The predicted molar refractivity (Wildman–Crippen MR) is 195 cm³/mol. The summed E-state index contributed by atoms with van der Waals surface area (Å²) in [6, 6.07) is 54.6. The predicted octanol–water partition coefficient (Wildman–Crippen LogP) is 10.6. The number of fused-ring (bicyclic) bond motifs is 3. The molecule has 49 heavy (non-hydrogen) atoms. The summed E-state index contributed by atoms with van der Waals surface area (Å²) >= 11 is 0. The van der Waals surface area contributed by atoms with E-state index in [1.165, 1.54) is 0 Å². The number of aromatic nitrogens is 5. The molecular weight excluding hydrogens is 603 g/mol. The molecule has 0 atom stereocenters. The van der Waals surface area contributed by atoms with Crippen LogP contribution in [0, 0.1) is 0 Å². The number of rotatable bonds is 6. The molecule has 0 fully saturated rings. The molecule has 9 rings (SSSR count). The van der Waals surface area contributed by atoms with E-state index in [1.54, 1.807) is 0 Å². The van der Waals surface area contributed by atoms with Crippen molar-refractivity contribution in [3.63, 3.8) is 0 Å². The van der Waals surface area contributed by atoms with Crippen LogP contribution in [0.1, 0.15) is 0 Å². The second kappa shape index (κ2) is 12.1. The molecule has 0 aliphatic heterocycles. The average Bonchev–Trinajstić information content (AvgIpc) is 3.57. The molecule has 0 unspecified atom stereocenters. The molecule has 0 saturated carbocycles. The van der Waals surface area contributed by atoms with E-state index in [9.17, 15) is 0 Å². The summed E-state index contributed by atoms with van der Waals surface area (Å²) in [4.78, 5) is 25.4. The second-order valence-corrected chi connectivity index (χ2v) is 11.7. The molecule has 230 valence electrons. The minimum Gasteiger partial charge on any atom is -0.456 e. The zero-order valence-electron chi connectivity index (χ0n) is 26.2. The van der Waals surface area contributed by atoms with Crippen LogP contribution in [-0.4, -0.2) is 24.9 Å². The van der Waals surface area contributed by atoms with Crippen LogP contribution in [0.2, 0.25) is 0 Å². The molecule has 0 saturated heterocycles. The molecule has 0 aliphatic carbocycles. The van der Waals surface area contributed by atoms with Gasteiger partial charge in [0.15, 0.2) is 23.3 Å². The van der Waals surface area contributed by atoms with E-state index in [0.29, 0.717) is 28.9 Å². The van der Waals surface area contributed by atoms with Crippen LogP contribution in [0.3, 0.4) is 0 Å². The summed E-state index contributed by atoms with van der Waals surface area (Å²) in [6.07, 6.45) is 0. The largest absolute Gasteiger partial charge is 0.456 e. The van der Waals surface area contributed by atoms with Crippen molar-refractivity contribution >= 4 is 21.9 Å². The van der Waals surface area contributed by atoms with Gasteiger partial charge in [0, 0.05) is 44.2 Å². The van der Waals surface area contributed by atoms with Gasteiger partial charge in [-0.2, -0.15) is 0 Å². The van der Waals surface area contributed by atoms with Gasteiger partial charge < -0.3 is 4.42 Å².